The average Bonchev–Trinajstić information content (AvgIpc) is 3.63. The van der Waals surface area contributed by atoms with Crippen LogP contribution in [0.25, 0.3) is 32.9 Å². The minimum absolute atomic E-state index is 0.0592. The first-order valence-corrected chi connectivity index (χ1v) is 13.1. The van der Waals surface area contributed by atoms with Crippen LogP contribution < -0.4 is 11.1 Å². The minimum Gasteiger partial charge on any atom is -0.366 e. The predicted molar refractivity (Wildman–Crippen MR) is 149 cm³/mol. The van der Waals surface area contributed by atoms with Gasteiger partial charge < -0.3 is 20.1 Å². The van der Waals surface area contributed by atoms with Gasteiger partial charge in [0.1, 0.15) is 5.76 Å². The molecule has 3 aromatic carbocycles. The fourth-order valence-electron chi connectivity index (χ4n) is 5.90. The molecule has 0 saturated heterocycles. The molecule has 0 unspecified atom stereocenters. The van der Waals surface area contributed by atoms with Crippen molar-refractivity contribution in [2.24, 2.45) is 11.7 Å². The van der Waals surface area contributed by atoms with E-state index in [0.717, 1.165) is 75.6 Å². The Hall–Kier alpha value is -4.39. The van der Waals surface area contributed by atoms with Gasteiger partial charge in [-0.3, -0.25) is 9.59 Å². The topological polar surface area (TPSA) is 103 Å². The molecule has 0 spiro atoms. The number of hydrogen-bond acceptors (Lipinski definition) is 4. The maximum absolute atomic E-state index is 12.9. The fraction of sp³-hybridized carbons (Fsp3) is 0.258. The van der Waals surface area contributed by atoms with Crippen molar-refractivity contribution >= 4 is 39.3 Å². The number of nitrogens with two attached hydrogens (primary N) is 1. The van der Waals surface area contributed by atoms with E-state index in [0.29, 0.717) is 17.9 Å². The molecular formula is C31H30N4O3. The Bertz CT molecular complexity index is 1670. The van der Waals surface area contributed by atoms with Crippen molar-refractivity contribution in [3.63, 3.8) is 0 Å². The van der Waals surface area contributed by atoms with Gasteiger partial charge in [0.25, 0.3) is 0 Å². The number of aromatic nitrogens is 2. The molecule has 2 aromatic heterocycles. The predicted octanol–water partition coefficient (Wildman–Crippen LogP) is 6.34. The summed E-state index contributed by atoms with van der Waals surface area (Å²) in [5.41, 5.74) is 12.5. The molecule has 0 aliphatic heterocycles. The van der Waals surface area contributed by atoms with E-state index in [2.05, 4.69) is 33.2 Å². The highest BCUT2D eigenvalue weighted by molar-refractivity contribution is 6.19. The Morgan fingerprint density at radius 3 is 2.47 bits per heavy atom. The molecule has 3 N–H and O–H groups in total. The van der Waals surface area contributed by atoms with E-state index in [4.69, 9.17) is 10.3 Å². The molecule has 7 nitrogen and oxygen atoms in total. The number of amides is 2. The van der Waals surface area contributed by atoms with Gasteiger partial charge in [-0.05, 0) is 68.1 Å². The third-order valence-electron chi connectivity index (χ3n) is 7.73. The molecule has 0 radical (unpaired) electrons. The smallest absolute Gasteiger partial charge is 0.249 e. The summed E-state index contributed by atoms with van der Waals surface area (Å²) in [4.78, 5) is 25.7. The Balaban J connectivity index is 1.58. The first kappa shape index (κ1) is 24.0. The molecule has 1 saturated carbocycles. The fourth-order valence-corrected chi connectivity index (χ4v) is 5.90. The first-order chi connectivity index (χ1) is 18.4. The standard InChI is InChI=1S/C31H30N4O3/c1-18-28(19(2)38-34-18)22-14-25(30(32)36)29-24-16-23(33-31(37)21-10-6-7-11-21)12-13-26(24)35(27(29)15-22)17-20-8-4-3-5-9-20/h3-5,8-9,12-16,21H,6-7,10-11,17H2,1-2H3,(H2,32,36)(H,33,37). The largest absolute Gasteiger partial charge is 0.366 e. The summed E-state index contributed by atoms with van der Waals surface area (Å²) in [7, 11) is 0. The molecule has 2 amide bonds. The number of nitrogens with one attached hydrogen (secondary N) is 1. The number of rotatable bonds is 6. The van der Waals surface area contributed by atoms with E-state index in [-0.39, 0.29) is 11.8 Å². The first-order valence-electron chi connectivity index (χ1n) is 13.1. The van der Waals surface area contributed by atoms with E-state index in [1.165, 1.54) is 0 Å². The van der Waals surface area contributed by atoms with Gasteiger partial charge in [-0.15, -0.1) is 0 Å². The Labute approximate surface area is 220 Å². The number of aryl methyl sites for hydroxylation is 2. The molecule has 192 valence electrons. The van der Waals surface area contributed by atoms with Crippen LogP contribution in [0.2, 0.25) is 0 Å². The molecule has 0 atom stereocenters. The lowest BCUT2D eigenvalue weighted by molar-refractivity contribution is -0.119. The zero-order valence-corrected chi connectivity index (χ0v) is 21.6. The van der Waals surface area contributed by atoms with Crippen LogP contribution in [0, 0.1) is 19.8 Å². The number of carbonyl (C=O) groups is 2. The van der Waals surface area contributed by atoms with E-state index < -0.39 is 5.91 Å². The summed E-state index contributed by atoms with van der Waals surface area (Å²) in [5.74, 6) is 0.289. The lowest BCUT2D eigenvalue weighted by atomic mass is 9.97. The second kappa shape index (κ2) is 9.49. The van der Waals surface area contributed by atoms with Crippen molar-refractivity contribution in [2.75, 3.05) is 5.32 Å². The van der Waals surface area contributed by atoms with Crippen LogP contribution in [0.4, 0.5) is 5.69 Å². The van der Waals surface area contributed by atoms with Gasteiger partial charge in [0.2, 0.25) is 11.8 Å². The van der Waals surface area contributed by atoms with Crippen LogP contribution in [0.5, 0.6) is 0 Å². The summed E-state index contributed by atoms with van der Waals surface area (Å²) >= 11 is 0. The quantitative estimate of drug-likeness (QED) is 0.280. The monoisotopic (exact) mass is 506 g/mol. The number of hydrogen-bond donors (Lipinski definition) is 2. The zero-order valence-electron chi connectivity index (χ0n) is 21.6. The number of anilines is 1. The molecule has 2 heterocycles. The second-order valence-electron chi connectivity index (χ2n) is 10.3. The highest BCUT2D eigenvalue weighted by Gasteiger charge is 2.24. The summed E-state index contributed by atoms with van der Waals surface area (Å²) < 4.78 is 7.63. The molecule has 1 aliphatic rings. The van der Waals surface area contributed by atoms with Crippen LogP contribution >= 0.6 is 0 Å². The summed E-state index contributed by atoms with van der Waals surface area (Å²) in [5, 5.41) is 8.87. The van der Waals surface area contributed by atoms with Crippen molar-refractivity contribution in [2.45, 2.75) is 46.1 Å². The van der Waals surface area contributed by atoms with Crippen LogP contribution in [0.15, 0.2) is 65.2 Å². The van der Waals surface area contributed by atoms with Crippen LogP contribution in [0.3, 0.4) is 0 Å². The maximum atomic E-state index is 12.9. The van der Waals surface area contributed by atoms with Crippen molar-refractivity contribution < 1.29 is 14.1 Å². The van der Waals surface area contributed by atoms with Gasteiger partial charge in [-0.2, -0.15) is 0 Å². The highest BCUT2D eigenvalue weighted by Crippen LogP contribution is 2.39. The van der Waals surface area contributed by atoms with Crippen LogP contribution in [0.1, 0.15) is 53.1 Å². The maximum Gasteiger partial charge on any atom is 0.249 e. The van der Waals surface area contributed by atoms with Crippen molar-refractivity contribution in [3.05, 3.63) is 83.2 Å². The lowest BCUT2D eigenvalue weighted by Gasteiger charge is -2.11. The van der Waals surface area contributed by atoms with Gasteiger partial charge >= 0.3 is 0 Å². The average molecular weight is 507 g/mol. The third kappa shape index (κ3) is 4.14. The van der Waals surface area contributed by atoms with E-state index >= 15 is 0 Å². The number of carbonyl (C=O) groups excluding carboxylic acids is 2. The molecule has 6 rings (SSSR count). The normalized spacial score (nSPS) is 13.9. The highest BCUT2D eigenvalue weighted by atomic mass is 16.5. The molecule has 1 fully saturated rings. The van der Waals surface area contributed by atoms with Gasteiger partial charge in [-0.1, -0.05) is 48.3 Å². The Morgan fingerprint density at radius 1 is 1.03 bits per heavy atom. The van der Waals surface area contributed by atoms with Crippen molar-refractivity contribution in [1.29, 1.82) is 0 Å². The number of benzene rings is 3. The number of nitrogens with zero attached hydrogens (tertiary/aromatic N) is 2. The molecule has 0 bridgehead atoms. The van der Waals surface area contributed by atoms with E-state index in [1.54, 1.807) is 0 Å². The van der Waals surface area contributed by atoms with Gasteiger partial charge in [0.15, 0.2) is 0 Å². The van der Waals surface area contributed by atoms with Gasteiger partial charge in [0.05, 0.1) is 11.2 Å². The van der Waals surface area contributed by atoms with Crippen LogP contribution in [-0.2, 0) is 11.3 Å². The van der Waals surface area contributed by atoms with Crippen molar-refractivity contribution in [3.8, 4) is 11.1 Å². The summed E-state index contributed by atoms with van der Waals surface area (Å²) in [6.45, 7) is 4.36. The number of fused-ring (bicyclic) bond motifs is 3. The molecule has 7 heteroatoms. The second-order valence-corrected chi connectivity index (χ2v) is 10.3. The summed E-state index contributed by atoms with van der Waals surface area (Å²) in [6.07, 6.45) is 4.06. The molecular weight excluding hydrogens is 476 g/mol. The molecule has 38 heavy (non-hydrogen) atoms. The molecule has 5 aromatic rings. The zero-order chi connectivity index (χ0) is 26.4. The van der Waals surface area contributed by atoms with E-state index in [9.17, 15) is 9.59 Å². The SMILES string of the molecule is Cc1noc(C)c1-c1cc(C(N)=O)c2c3cc(NC(=O)C4CCCC4)ccc3n(Cc3ccccc3)c2c1. The summed E-state index contributed by atoms with van der Waals surface area (Å²) in [6, 6.07) is 20.0. The Morgan fingerprint density at radius 2 is 1.79 bits per heavy atom. The van der Waals surface area contributed by atoms with Crippen LogP contribution in [-0.4, -0.2) is 21.5 Å². The minimum atomic E-state index is -0.511. The van der Waals surface area contributed by atoms with E-state index in [1.807, 2.05) is 56.3 Å². The third-order valence-corrected chi connectivity index (χ3v) is 7.73. The number of primary amides is 1. The van der Waals surface area contributed by atoms with Crippen molar-refractivity contribution in [1.82, 2.24) is 9.72 Å². The molecule has 1 aliphatic carbocycles. The van der Waals surface area contributed by atoms with Gasteiger partial charge in [0, 0.05) is 45.6 Å². The van der Waals surface area contributed by atoms with Gasteiger partial charge in [-0.25, -0.2) is 0 Å². The Kier molecular flexibility index (Phi) is 5.98. The lowest BCUT2D eigenvalue weighted by Crippen LogP contribution is -2.20.